The molecule has 0 unspecified atom stereocenters. The molecule has 1 amide bonds. The summed E-state index contributed by atoms with van der Waals surface area (Å²) in [5, 5.41) is 2.21. The minimum atomic E-state index is -1.61. The second kappa shape index (κ2) is 8.96. The summed E-state index contributed by atoms with van der Waals surface area (Å²) < 4.78 is 50.2. The van der Waals surface area contributed by atoms with Gasteiger partial charge in [-0.25, -0.2) is 13.2 Å². The Morgan fingerprint density at radius 1 is 0.960 bits per heavy atom. The highest BCUT2D eigenvalue weighted by atomic mass is 19.2. The van der Waals surface area contributed by atoms with E-state index in [-0.39, 0.29) is 13.0 Å². The average Bonchev–Trinajstić information content (AvgIpc) is 2.61. The lowest BCUT2D eigenvalue weighted by Crippen LogP contribution is -2.14. The Morgan fingerprint density at radius 3 is 2.24 bits per heavy atom. The van der Waals surface area contributed by atoms with E-state index in [0.29, 0.717) is 18.8 Å². The molecule has 0 aliphatic heterocycles. The van der Waals surface area contributed by atoms with Crippen molar-refractivity contribution in [2.45, 2.75) is 19.8 Å². The second-order valence-electron chi connectivity index (χ2n) is 5.13. The van der Waals surface area contributed by atoms with E-state index in [1.807, 2.05) is 6.92 Å². The Bertz CT molecular complexity index is 720. The summed E-state index contributed by atoms with van der Waals surface area (Å²) in [6.45, 7) is 2.75. The Labute approximate surface area is 143 Å². The Hall–Kier alpha value is -2.70. The summed E-state index contributed by atoms with van der Waals surface area (Å²) in [6.07, 6.45) is 0.430. The van der Waals surface area contributed by atoms with Gasteiger partial charge < -0.3 is 14.8 Å². The Morgan fingerprint density at radius 2 is 1.60 bits per heavy atom. The number of amides is 1. The van der Waals surface area contributed by atoms with Gasteiger partial charge in [0.2, 0.25) is 5.91 Å². The molecule has 2 aromatic carbocycles. The van der Waals surface area contributed by atoms with Gasteiger partial charge in [0, 0.05) is 6.42 Å². The van der Waals surface area contributed by atoms with Gasteiger partial charge in [0.1, 0.15) is 11.5 Å². The molecule has 0 spiro atoms. The van der Waals surface area contributed by atoms with Crippen molar-refractivity contribution in [3.63, 3.8) is 0 Å². The van der Waals surface area contributed by atoms with Crippen molar-refractivity contribution in [3.8, 4) is 11.5 Å². The van der Waals surface area contributed by atoms with Crippen LogP contribution in [0, 0.1) is 17.5 Å². The van der Waals surface area contributed by atoms with E-state index in [1.54, 1.807) is 24.3 Å². The molecule has 2 aromatic rings. The van der Waals surface area contributed by atoms with Crippen LogP contribution in [-0.2, 0) is 4.79 Å². The first-order valence-electron chi connectivity index (χ1n) is 7.80. The lowest BCUT2D eigenvalue weighted by Gasteiger charge is -2.09. The van der Waals surface area contributed by atoms with Crippen molar-refractivity contribution in [3.05, 3.63) is 53.8 Å². The van der Waals surface area contributed by atoms with Gasteiger partial charge in [-0.2, -0.15) is 0 Å². The smallest absolute Gasteiger partial charge is 0.224 e. The standard InChI is InChI=1S/C18H18F3NO3/c1-2-24-12-5-7-13(8-6-12)25-11-3-4-16(23)22-15-10-9-14(19)17(20)18(15)21/h5-10H,2-4,11H2,1H3,(H,22,23). The molecule has 0 bridgehead atoms. The molecule has 134 valence electrons. The summed E-state index contributed by atoms with van der Waals surface area (Å²) in [7, 11) is 0. The van der Waals surface area contributed by atoms with E-state index in [1.165, 1.54) is 0 Å². The highest BCUT2D eigenvalue weighted by molar-refractivity contribution is 5.90. The number of ether oxygens (including phenoxy) is 2. The fourth-order valence-electron chi connectivity index (χ4n) is 2.06. The third-order valence-electron chi connectivity index (χ3n) is 3.26. The molecule has 0 heterocycles. The number of halogens is 3. The zero-order valence-corrected chi connectivity index (χ0v) is 13.7. The number of carbonyl (C=O) groups excluding carboxylic acids is 1. The molecule has 2 rings (SSSR count). The van der Waals surface area contributed by atoms with Crippen molar-refractivity contribution < 1.29 is 27.4 Å². The van der Waals surface area contributed by atoms with E-state index in [0.717, 1.165) is 17.9 Å². The maximum Gasteiger partial charge on any atom is 0.224 e. The summed E-state index contributed by atoms with van der Waals surface area (Å²) in [4.78, 5) is 11.7. The summed E-state index contributed by atoms with van der Waals surface area (Å²) in [5.74, 6) is -3.48. The van der Waals surface area contributed by atoms with Crippen LogP contribution in [0.25, 0.3) is 0 Å². The third-order valence-corrected chi connectivity index (χ3v) is 3.26. The molecule has 0 saturated carbocycles. The van der Waals surface area contributed by atoms with E-state index in [9.17, 15) is 18.0 Å². The SMILES string of the molecule is CCOc1ccc(OCCCC(=O)Nc2ccc(F)c(F)c2F)cc1. The van der Waals surface area contributed by atoms with Crippen LogP contribution in [0.5, 0.6) is 11.5 Å². The van der Waals surface area contributed by atoms with Crippen molar-refractivity contribution in [1.82, 2.24) is 0 Å². The molecule has 25 heavy (non-hydrogen) atoms. The van der Waals surface area contributed by atoms with Gasteiger partial charge in [0.25, 0.3) is 0 Å². The van der Waals surface area contributed by atoms with E-state index in [2.05, 4.69) is 5.32 Å². The predicted octanol–water partition coefficient (Wildman–Crippen LogP) is 4.30. The lowest BCUT2D eigenvalue weighted by molar-refractivity contribution is -0.116. The Balaban J connectivity index is 1.74. The number of carbonyl (C=O) groups is 1. The van der Waals surface area contributed by atoms with E-state index >= 15 is 0 Å². The van der Waals surface area contributed by atoms with Gasteiger partial charge in [-0.05, 0) is 49.7 Å². The highest BCUT2D eigenvalue weighted by Crippen LogP contribution is 2.20. The Kier molecular flexibility index (Phi) is 6.68. The van der Waals surface area contributed by atoms with Crippen molar-refractivity contribution in [1.29, 1.82) is 0 Å². The summed E-state index contributed by atoms with van der Waals surface area (Å²) in [5.41, 5.74) is -0.392. The van der Waals surface area contributed by atoms with Crippen LogP contribution < -0.4 is 14.8 Å². The van der Waals surface area contributed by atoms with Gasteiger partial charge in [-0.15, -0.1) is 0 Å². The molecule has 0 fully saturated rings. The van der Waals surface area contributed by atoms with Crippen LogP contribution in [0.4, 0.5) is 18.9 Å². The molecule has 0 saturated heterocycles. The molecule has 7 heteroatoms. The topological polar surface area (TPSA) is 47.6 Å². The van der Waals surface area contributed by atoms with E-state index in [4.69, 9.17) is 9.47 Å². The largest absolute Gasteiger partial charge is 0.494 e. The van der Waals surface area contributed by atoms with Crippen molar-refractivity contribution >= 4 is 11.6 Å². The number of hydrogen-bond acceptors (Lipinski definition) is 3. The fourth-order valence-corrected chi connectivity index (χ4v) is 2.06. The van der Waals surface area contributed by atoms with Gasteiger partial charge >= 0.3 is 0 Å². The van der Waals surface area contributed by atoms with Gasteiger partial charge in [0.15, 0.2) is 17.5 Å². The van der Waals surface area contributed by atoms with Crippen LogP contribution >= 0.6 is 0 Å². The lowest BCUT2D eigenvalue weighted by atomic mass is 10.2. The third kappa shape index (κ3) is 5.41. The van der Waals surface area contributed by atoms with Crippen molar-refractivity contribution in [2.24, 2.45) is 0 Å². The molecule has 0 aliphatic rings. The fraction of sp³-hybridized carbons (Fsp3) is 0.278. The van der Waals surface area contributed by atoms with Crippen LogP contribution in [0.3, 0.4) is 0 Å². The van der Waals surface area contributed by atoms with Crippen molar-refractivity contribution in [2.75, 3.05) is 18.5 Å². The van der Waals surface area contributed by atoms with Crippen LogP contribution in [0.15, 0.2) is 36.4 Å². The zero-order chi connectivity index (χ0) is 18.2. The van der Waals surface area contributed by atoms with Gasteiger partial charge in [0.05, 0.1) is 18.9 Å². The van der Waals surface area contributed by atoms with Gasteiger partial charge in [-0.3, -0.25) is 4.79 Å². The first-order valence-corrected chi connectivity index (χ1v) is 7.80. The van der Waals surface area contributed by atoms with Gasteiger partial charge in [-0.1, -0.05) is 0 Å². The summed E-state index contributed by atoms with van der Waals surface area (Å²) in [6, 6.07) is 8.78. The quantitative estimate of drug-likeness (QED) is 0.569. The predicted molar refractivity (Wildman–Crippen MR) is 87.3 cm³/mol. The molecule has 0 radical (unpaired) electrons. The second-order valence-corrected chi connectivity index (χ2v) is 5.13. The molecular formula is C18H18F3NO3. The first-order chi connectivity index (χ1) is 12.0. The molecular weight excluding hydrogens is 335 g/mol. The van der Waals surface area contributed by atoms with Crippen LogP contribution in [0.1, 0.15) is 19.8 Å². The molecule has 4 nitrogen and oxygen atoms in total. The maximum absolute atomic E-state index is 13.5. The molecule has 0 atom stereocenters. The minimum Gasteiger partial charge on any atom is -0.494 e. The number of nitrogens with one attached hydrogen (secondary N) is 1. The van der Waals surface area contributed by atoms with Crippen LogP contribution in [-0.4, -0.2) is 19.1 Å². The maximum atomic E-state index is 13.5. The van der Waals surface area contributed by atoms with E-state index < -0.39 is 29.0 Å². The molecule has 0 aromatic heterocycles. The molecule has 0 aliphatic carbocycles. The number of hydrogen-bond donors (Lipinski definition) is 1. The molecule has 1 N–H and O–H groups in total. The first kappa shape index (κ1) is 18.6. The monoisotopic (exact) mass is 353 g/mol. The number of anilines is 1. The number of rotatable bonds is 8. The zero-order valence-electron chi connectivity index (χ0n) is 13.7. The van der Waals surface area contributed by atoms with Crippen LogP contribution in [0.2, 0.25) is 0 Å². The summed E-state index contributed by atoms with van der Waals surface area (Å²) >= 11 is 0. The highest BCUT2D eigenvalue weighted by Gasteiger charge is 2.15. The average molecular weight is 353 g/mol. The minimum absolute atomic E-state index is 0.0511. The normalized spacial score (nSPS) is 10.4. The number of benzene rings is 2.